The molecule has 1 radical (unpaired) electrons. The number of fused-ring (bicyclic) bond motifs is 3. The number of aryl methyl sites for hydroxylation is 1. The zero-order valence-corrected chi connectivity index (χ0v) is 30.1. The second-order valence-electron chi connectivity index (χ2n) is 13.6. The van der Waals surface area contributed by atoms with E-state index in [-0.39, 0.29) is 20.1 Å². The van der Waals surface area contributed by atoms with Crippen LogP contribution in [-0.2, 0) is 26.7 Å². The Hall–Kier alpha value is -4.38. The monoisotopic (exact) mass is 819 g/mol. The van der Waals surface area contributed by atoms with Crippen molar-refractivity contribution in [3.05, 3.63) is 120 Å². The average Bonchev–Trinajstić information content (AvgIpc) is 3.96. The third-order valence-electron chi connectivity index (χ3n) is 10.6. The van der Waals surface area contributed by atoms with E-state index in [9.17, 15) is 0 Å². The van der Waals surface area contributed by atoms with Crippen molar-refractivity contribution in [1.29, 1.82) is 0 Å². The minimum Gasteiger partial charge on any atom is -0.486 e. The van der Waals surface area contributed by atoms with Gasteiger partial charge in [-0.15, -0.1) is 54.1 Å². The van der Waals surface area contributed by atoms with Crippen LogP contribution in [0.25, 0.3) is 61.8 Å². The van der Waals surface area contributed by atoms with E-state index in [0.717, 1.165) is 62.7 Å². The zero-order valence-electron chi connectivity index (χ0n) is 27.7. The van der Waals surface area contributed by atoms with Crippen LogP contribution < -0.4 is 0 Å². The van der Waals surface area contributed by atoms with Crippen LogP contribution >= 0.6 is 0 Å². The molecule has 0 bridgehead atoms. The summed E-state index contributed by atoms with van der Waals surface area (Å²) in [7, 11) is 0. The number of pyridine rings is 2. The van der Waals surface area contributed by atoms with Gasteiger partial charge in [-0.2, -0.15) is 0 Å². The standard InChI is InChI=1S/C22H19N2O.C21H19N2.Ir/c1-14-9-10-18-17-7-4-8-19(21(17)25-22(18)24-14)20-13-16(11-12-23-20)15-5-2-3-6-15;1-2-9-16(10-3-1)21-22-19-13-12-17(15-7-4-5-8-15)18-11-6-14-23(21)20(18)19;/h4,7,9-13,15H,2-3,5-6H2,1H3;1-3,6,9,11-13,15H,4-5,7-8,14H2;/q2*-1;. The maximum atomic E-state index is 6.10. The molecule has 0 spiro atoms. The minimum absolute atomic E-state index is 0. The molecule has 2 saturated carbocycles. The predicted octanol–water partition coefficient (Wildman–Crippen LogP) is 11.0. The van der Waals surface area contributed by atoms with Crippen LogP contribution in [0.5, 0.6) is 0 Å². The van der Waals surface area contributed by atoms with Gasteiger partial charge in [-0.1, -0.05) is 66.5 Å². The van der Waals surface area contributed by atoms with Gasteiger partial charge >= 0.3 is 0 Å². The van der Waals surface area contributed by atoms with Crippen LogP contribution in [0.3, 0.4) is 0 Å². The molecule has 6 heteroatoms. The van der Waals surface area contributed by atoms with Crippen LogP contribution in [0.15, 0.2) is 89.5 Å². The molecule has 0 amide bonds. The molecule has 49 heavy (non-hydrogen) atoms. The Morgan fingerprint density at radius 1 is 0.816 bits per heavy atom. The van der Waals surface area contributed by atoms with Gasteiger partial charge in [0.15, 0.2) is 0 Å². The van der Waals surface area contributed by atoms with E-state index < -0.39 is 0 Å². The summed E-state index contributed by atoms with van der Waals surface area (Å²) in [5, 5.41) is 2.12. The fourth-order valence-electron chi connectivity index (χ4n) is 8.23. The Morgan fingerprint density at radius 3 is 2.47 bits per heavy atom. The molecule has 4 aromatic heterocycles. The number of nitrogens with zero attached hydrogens (tertiary/aromatic N) is 4. The van der Waals surface area contributed by atoms with Crippen molar-refractivity contribution in [3.8, 4) is 22.6 Å². The third-order valence-corrected chi connectivity index (χ3v) is 10.6. The normalized spacial score (nSPS) is 15.9. The molecule has 0 atom stereocenters. The Morgan fingerprint density at radius 2 is 1.65 bits per heavy atom. The topological polar surface area (TPSA) is 56.7 Å². The Labute approximate surface area is 300 Å². The largest absolute Gasteiger partial charge is 0.486 e. The smallest absolute Gasteiger partial charge is 0.216 e. The Bertz CT molecular complexity index is 2310. The van der Waals surface area contributed by atoms with Crippen molar-refractivity contribution in [2.75, 3.05) is 0 Å². The molecular formula is C43H38IrN4O-2. The molecule has 5 nitrogen and oxygen atoms in total. The van der Waals surface area contributed by atoms with E-state index in [0.29, 0.717) is 11.6 Å². The van der Waals surface area contributed by atoms with Crippen LogP contribution in [0.2, 0.25) is 0 Å². The SMILES string of the molecule is Cc1ccc2c(n1)oc1c(-c3cc(C4CCCC4)ccn3)[c-]ccc12.[Ir].[c-]1ccccc1-c1nc2ccc(C3CCCC3)c3c2n1CC=C3. The van der Waals surface area contributed by atoms with Crippen LogP contribution in [0.4, 0.5) is 0 Å². The summed E-state index contributed by atoms with van der Waals surface area (Å²) < 4.78 is 8.46. The summed E-state index contributed by atoms with van der Waals surface area (Å²) in [6.45, 7) is 2.88. The molecule has 1 aliphatic heterocycles. The number of benzene rings is 3. The first-order chi connectivity index (χ1) is 23.7. The van der Waals surface area contributed by atoms with Crippen molar-refractivity contribution >= 4 is 39.2 Å². The molecule has 10 rings (SSSR count). The van der Waals surface area contributed by atoms with Gasteiger partial charge in [0.1, 0.15) is 0 Å². The van der Waals surface area contributed by atoms with Gasteiger partial charge in [0, 0.05) is 49.5 Å². The van der Waals surface area contributed by atoms with E-state index in [1.807, 2.05) is 43.5 Å². The molecule has 7 aromatic rings. The van der Waals surface area contributed by atoms with Gasteiger partial charge in [-0.3, -0.25) is 4.98 Å². The van der Waals surface area contributed by atoms with Crippen molar-refractivity contribution in [1.82, 2.24) is 19.5 Å². The molecule has 0 N–H and O–H groups in total. The first-order valence-corrected chi connectivity index (χ1v) is 17.5. The number of furan rings is 1. The van der Waals surface area contributed by atoms with Crippen LogP contribution in [-0.4, -0.2) is 19.5 Å². The molecule has 2 aliphatic carbocycles. The quantitative estimate of drug-likeness (QED) is 0.166. The second kappa shape index (κ2) is 13.5. The van der Waals surface area contributed by atoms with Crippen LogP contribution in [0, 0.1) is 19.1 Å². The van der Waals surface area contributed by atoms with E-state index >= 15 is 0 Å². The average molecular weight is 819 g/mol. The number of imidazole rings is 1. The van der Waals surface area contributed by atoms with Crippen molar-refractivity contribution < 1.29 is 24.5 Å². The summed E-state index contributed by atoms with van der Waals surface area (Å²) in [5.41, 5.74) is 12.1. The van der Waals surface area contributed by atoms with E-state index in [1.54, 1.807) is 0 Å². The van der Waals surface area contributed by atoms with Crippen LogP contribution in [0.1, 0.15) is 85.6 Å². The Balaban J connectivity index is 0.000000140. The minimum atomic E-state index is 0. The second-order valence-corrected chi connectivity index (χ2v) is 13.6. The van der Waals surface area contributed by atoms with E-state index in [4.69, 9.17) is 9.40 Å². The number of aromatic nitrogens is 4. The Kier molecular flexibility index (Phi) is 8.78. The fourth-order valence-corrected chi connectivity index (χ4v) is 8.23. The molecule has 3 aromatic carbocycles. The van der Waals surface area contributed by atoms with Crippen molar-refractivity contribution in [3.63, 3.8) is 0 Å². The molecule has 3 aliphatic rings. The van der Waals surface area contributed by atoms with Gasteiger partial charge in [0.25, 0.3) is 0 Å². The number of rotatable bonds is 4. The third kappa shape index (κ3) is 5.85. The van der Waals surface area contributed by atoms with Gasteiger partial charge < -0.3 is 14.0 Å². The number of hydrogen-bond donors (Lipinski definition) is 0. The summed E-state index contributed by atoms with van der Waals surface area (Å²) >= 11 is 0. The van der Waals surface area contributed by atoms with Crippen molar-refractivity contribution in [2.45, 2.75) is 76.7 Å². The number of hydrogen-bond acceptors (Lipinski definition) is 4. The maximum absolute atomic E-state index is 6.10. The van der Waals surface area contributed by atoms with Gasteiger partial charge in [-0.05, 0) is 80.0 Å². The summed E-state index contributed by atoms with van der Waals surface area (Å²) in [6, 6.07) is 31.8. The predicted molar refractivity (Wildman–Crippen MR) is 194 cm³/mol. The summed E-state index contributed by atoms with van der Waals surface area (Å²) in [5.74, 6) is 2.43. The zero-order chi connectivity index (χ0) is 32.0. The maximum Gasteiger partial charge on any atom is 0.216 e. The molecule has 247 valence electrons. The van der Waals surface area contributed by atoms with Gasteiger partial charge in [0.2, 0.25) is 5.71 Å². The molecule has 5 heterocycles. The fraction of sp³-hybridized carbons (Fsp3) is 0.279. The molecule has 0 unspecified atom stereocenters. The molecule has 0 saturated heterocycles. The van der Waals surface area contributed by atoms with E-state index in [1.165, 1.54) is 73.6 Å². The first kappa shape index (κ1) is 31.9. The summed E-state index contributed by atoms with van der Waals surface area (Å²) in [6.07, 6.45) is 17.1. The first-order valence-electron chi connectivity index (χ1n) is 17.5. The van der Waals surface area contributed by atoms with Gasteiger partial charge in [-0.25, -0.2) is 4.98 Å². The van der Waals surface area contributed by atoms with Crippen molar-refractivity contribution in [2.24, 2.45) is 0 Å². The molecular weight excluding hydrogens is 781 g/mol. The summed E-state index contributed by atoms with van der Waals surface area (Å²) in [4.78, 5) is 14.0. The van der Waals surface area contributed by atoms with E-state index in [2.05, 4.69) is 81.3 Å². The van der Waals surface area contributed by atoms with Gasteiger partial charge in [0.05, 0.1) is 22.4 Å². The molecule has 2 fully saturated rings. The number of allylic oxidation sites excluding steroid dienone is 1.